The Hall–Kier alpha value is -3.15. The number of nitrogens with one attached hydrogen (secondary N) is 1. The number of methoxy groups -OCH3 is 1. The monoisotopic (exact) mass is 365 g/mol. The van der Waals surface area contributed by atoms with E-state index in [-0.39, 0.29) is 18.0 Å². The highest BCUT2D eigenvalue weighted by atomic mass is 16.5. The molecule has 27 heavy (non-hydrogen) atoms. The van der Waals surface area contributed by atoms with E-state index in [0.29, 0.717) is 17.8 Å². The van der Waals surface area contributed by atoms with Crippen molar-refractivity contribution >= 4 is 16.9 Å². The van der Waals surface area contributed by atoms with E-state index in [1.807, 2.05) is 50.2 Å². The Bertz CT molecular complexity index is 1070. The van der Waals surface area contributed by atoms with Gasteiger partial charge in [-0.1, -0.05) is 12.1 Å². The molecule has 0 aliphatic heterocycles. The first kappa shape index (κ1) is 18.6. The second-order valence-electron chi connectivity index (χ2n) is 6.64. The molecule has 0 unspecified atom stereocenters. The maximum atomic E-state index is 12.6. The number of ether oxygens (including phenoxy) is 1. The van der Waals surface area contributed by atoms with Gasteiger partial charge in [-0.2, -0.15) is 0 Å². The predicted octanol–water partition coefficient (Wildman–Crippen LogP) is 2.65. The first-order chi connectivity index (χ1) is 12.9. The molecule has 0 aliphatic carbocycles. The number of aryl methyl sites for hydroxylation is 3. The largest absolute Gasteiger partial charge is 0.497 e. The van der Waals surface area contributed by atoms with Gasteiger partial charge in [0.05, 0.1) is 18.1 Å². The van der Waals surface area contributed by atoms with Gasteiger partial charge in [-0.25, -0.2) is 4.98 Å². The molecule has 6 nitrogen and oxygen atoms in total. The highest BCUT2D eigenvalue weighted by Gasteiger charge is 2.13. The van der Waals surface area contributed by atoms with E-state index in [4.69, 9.17) is 4.74 Å². The van der Waals surface area contributed by atoms with Crippen LogP contribution >= 0.6 is 0 Å². The Morgan fingerprint density at radius 1 is 1.15 bits per heavy atom. The zero-order valence-electron chi connectivity index (χ0n) is 16.0. The zero-order valence-corrected chi connectivity index (χ0v) is 16.0. The third kappa shape index (κ3) is 4.00. The lowest BCUT2D eigenvalue weighted by molar-refractivity contribution is -0.121. The number of carbonyl (C=O) groups excluding carboxylic acids is 1. The molecule has 0 spiro atoms. The molecular formula is C21H23N3O3. The van der Waals surface area contributed by atoms with Crippen molar-refractivity contribution in [3.63, 3.8) is 0 Å². The predicted molar refractivity (Wildman–Crippen MR) is 105 cm³/mol. The van der Waals surface area contributed by atoms with E-state index in [1.54, 1.807) is 14.0 Å². The first-order valence-electron chi connectivity index (χ1n) is 8.77. The van der Waals surface area contributed by atoms with Crippen molar-refractivity contribution in [1.29, 1.82) is 0 Å². The highest BCUT2D eigenvalue weighted by Crippen LogP contribution is 2.17. The Morgan fingerprint density at radius 3 is 2.63 bits per heavy atom. The number of aromatic nitrogens is 2. The summed E-state index contributed by atoms with van der Waals surface area (Å²) in [5.74, 6) is 0.504. The fourth-order valence-corrected chi connectivity index (χ4v) is 2.96. The van der Waals surface area contributed by atoms with Crippen LogP contribution in [0.4, 0.5) is 0 Å². The number of hydrogen-bond donors (Lipinski definition) is 1. The van der Waals surface area contributed by atoms with Crippen LogP contribution in [-0.4, -0.2) is 22.6 Å². The molecule has 0 saturated heterocycles. The van der Waals surface area contributed by atoms with Crippen LogP contribution in [0, 0.1) is 20.8 Å². The molecule has 0 bridgehead atoms. The lowest BCUT2D eigenvalue weighted by atomic mass is 10.1. The van der Waals surface area contributed by atoms with Crippen molar-refractivity contribution in [2.75, 3.05) is 7.11 Å². The van der Waals surface area contributed by atoms with Gasteiger partial charge in [0.15, 0.2) is 0 Å². The van der Waals surface area contributed by atoms with Gasteiger partial charge in [0.25, 0.3) is 5.56 Å². The third-order valence-electron chi connectivity index (χ3n) is 4.65. The number of hydrogen-bond acceptors (Lipinski definition) is 4. The van der Waals surface area contributed by atoms with E-state index in [2.05, 4.69) is 10.3 Å². The minimum absolute atomic E-state index is 0.0504. The van der Waals surface area contributed by atoms with Crippen molar-refractivity contribution in [3.8, 4) is 5.75 Å². The van der Waals surface area contributed by atoms with E-state index in [0.717, 1.165) is 28.0 Å². The van der Waals surface area contributed by atoms with Crippen molar-refractivity contribution in [1.82, 2.24) is 14.9 Å². The summed E-state index contributed by atoms with van der Waals surface area (Å²) >= 11 is 0. The maximum absolute atomic E-state index is 12.6. The zero-order chi connectivity index (χ0) is 19.6. The van der Waals surface area contributed by atoms with E-state index in [1.165, 1.54) is 4.57 Å². The number of carbonyl (C=O) groups is 1. The fraction of sp³-hybridized carbons (Fsp3) is 0.286. The van der Waals surface area contributed by atoms with Crippen LogP contribution in [0.5, 0.6) is 5.75 Å². The molecule has 1 amide bonds. The summed E-state index contributed by atoms with van der Waals surface area (Å²) in [7, 11) is 1.60. The molecule has 0 atom stereocenters. The summed E-state index contributed by atoms with van der Waals surface area (Å²) in [6, 6.07) is 11.4. The van der Waals surface area contributed by atoms with E-state index in [9.17, 15) is 9.59 Å². The summed E-state index contributed by atoms with van der Waals surface area (Å²) in [6.45, 7) is 5.96. The lowest BCUT2D eigenvalue weighted by Crippen LogP contribution is -2.33. The lowest BCUT2D eigenvalue weighted by Gasteiger charge is -2.13. The summed E-state index contributed by atoms with van der Waals surface area (Å²) in [5.41, 5.74) is 4.60. The molecule has 6 heteroatoms. The molecular weight excluding hydrogens is 342 g/mol. The number of nitrogens with zero attached hydrogens (tertiary/aromatic N) is 2. The van der Waals surface area contributed by atoms with Gasteiger partial charge in [0.1, 0.15) is 18.0 Å². The van der Waals surface area contributed by atoms with Crippen LogP contribution < -0.4 is 15.6 Å². The molecule has 0 saturated carbocycles. The number of fused-ring (bicyclic) bond motifs is 1. The average Bonchev–Trinajstić information content (AvgIpc) is 2.66. The molecule has 2 aromatic carbocycles. The van der Waals surface area contributed by atoms with E-state index >= 15 is 0 Å². The maximum Gasteiger partial charge on any atom is 0.272 e. The van der Waals surface area contributed by atoms with Gasteiger partial charge in [0.2, 0.25) is 5.91 Å². The molecule has 140 valence electrons. The molecule has 3 rings (SSSR count). The number of benzene rings is 2. The highest BCUT2D eigenvalue weighted by molar-refractivity contribution is 5.81. The summed E-state index contributed by atoms with van der Waals surface area (Å²) in [4.78, 5) is 29.4. The molecule has 3 aromatic rings. The molecule has 0 fully saturated rings. The van der Waals surface area contributed by atoms with Gasteiger partial charge in [-0.05, 0) is 61.7 Å². The van der Waals surface area contributed by atoms with Gasteiger partial charge < -0.3 is 10.1 Å². The van der Waals surface area contributed by atoms with Gasteiger partial charge in [0, 0.05) is 6.54 Å². The first-order valence-corrected chi connectivity index (χ1v) is 8.77. The smallest absolute Gasteiger partial charge is 0.272 e. The molecule has 1 N–H and O–H groups in total. The van der Waals surface area contributed by atoms with Crippen molar-refractivity contribution in [2.24, 2.45) is 0 Å². The minimum atomic E-state index is -0.248. The third-order valence-corrected chi connectivity index (χ3v) is 4.65. The van der Waals surface area contributed by atoms with Crippen LogP contribution in [0.1, 0.15) is 22.4 Å². The second kappa shape index (κ2) is 7.61. The van der Waals surface area contributed by atoms with Crippen molar-refractivity contribution in [3.05, 3.63) is 69.1 Å². The summed E-state index contributed by atoms with van der Waals surface area (Å²) < 4.78 is 6.68. The quantitative estimate of drug-likeness (QED) is 0.754. The second-order valence-corrected chi connectivity index (χ2v) is 6.64. The van der Waals surface area contributed by atoms with Gasteiger partial charge in [-0.15, -0.1) is 0 Å². The van der Waals surface area contributed by atoms with Crippen LogP contribution in [0.25, 0.3) is 11.0 Å². The molecule has 1 heterocycles. The van der Waals surface area contributed by atoms with Crippen LogP contribution in [-0.2, 0) is 17.9 Å². The number of amides is 1. The van der Waals surface area contributed by atoms with Crippen LogP contribution in [0.3, 0.4) is 0 Å². The SMILES string of the molecule is COc1cccc(CNC(=O)Cn2c(=O)c(C)nc3cc(C)c(C)cc32)c1. The molecule has 1 aromatic heterocycles. The van der Waals surface area contributed by atoms with Gasteiger partial charge >= 0.3 is 0 Å². The molecule has 0 aliphatic rings. The topological polar surface area (TPSA) is 73.2 Å². The average molecular weight is 365 g/mol. The fourth-order valence-electron chi connectivity index (χ4n) is 2.96. The summed E-state index contributed by atoms with van der Waals surface area (Å²) in [6.07, 6.45) is 0. The Morgan fingerprint density at radius 2 is 1.89 bits per heavy atom. The molecule has 0 radical (unpaired) electrons. The standard InChI is InChI=1S/C21H23N3O3/c1-13-8-18-19(9-14(13)2)24(21(26)15(3)23-18)12-20(25)22-11-16-6-5-7-17(10-16)27-4/h5-10H,11-12H2,1-4H3,(H,22,25). The summed E-state index contributed by atoms with van der Waals surface area (Å²) in [5, 5.41) is 2.86. The Balaban J connectivity index is 1.85. The van der Waals surface area contributed by atoms with E-state index < -0.39 is 0 Å². The number of rotatable bonds is 5. The Kier molecular flexibility index (Phi) is 5.26. The van der Waals surface area contributed by atoms with Crippen LogP contribution in [0.15, 0.2) is 41.2 Å². The van der Waals surface area contributed by atoms with Crippen molar-refractivity contribution < 1.29 is 9.53 Å². The van der Waals surface area contributed by atoms with Crippen LogP contribution in [0.2, 0.25) is 0 Å². The minimum Gasteiger partial charge on any atom is -0.497 e. The van der Waals surface area contributed by atoms with Gasteiger partial charge in [-0.3, -0.25) is 14.2 Å². The van der Waals surface area contributed by atoms with Crippen molar-refractivity contribution in [2.45, 2.75) is 33.9 Å². The Labute approximate surface area is 157 Å². The normalized spacial score (nSPS) is 10.8.